The first-order valence-electron chi connectivity index (χ1n) is 6.68. The highest BCUT2D eigenvalue weighted by Gasteiger charge is 2.22. The molecule has 0 saturated heterocycles. The van der Waals surface area contributed by atoms with Crippen LogP contribution in [0, 0.1) is 10.1 Å². The zero-order chi connectivity index (χ0) is 15.2. The number of anilines is 3. The second-order valence-electron chi connectivity index (χ2n) is 4.50. The van der Waals surface area contributed by atoms with Gasteiger partial charge in [-0.3, -0.25) is 10.1 Å². The van der Waals surface area contributed by atoms with Crippen molar-refractivity contribution in [1.82, 2.24) is 9.97 Å². The summed E-state index contributed by atoms with van der Waals surface area (Å²) < 4.78 is 0. The molecular formula is C14H17N5O2. The third-order valence-corrected chi connectivity index (χ3v) is 3.00. The van der Waals surface area contributed by atoms with Gasteiger partial charge in [-0.25, -0.2) is 9.97 Å². The van der Waals surface area contributed by atoms with Crippen LogP contribution in [0.2, 0.25) is 0 Å². The van der Waals surface area contributed by atoms with Crippen molar-refractivity contribution in [3.8, 4) is 0 Å². The van der Waals surface area contributed by atoms with E-state index < -0.39 is 4.92 Å². The molecular weight excluding hydrogens is 270 g/mol. The van der Waals surface area contributed by atoms with Crippen LogP contribution in [0.3, 0.4) is 0 Å². The first-order chi connectivity index (χ1) is 10.2. The minimum atomic E-state index is -0.500. The Morgan fingerprint density at radius 3 is 2.43 bits per heavy atom. The van der Waals surface area contributed by atoms with Gasteiger partial charge in [0.15, 0.2) is 0 Å². The second kappa shape index (κ2) is 6.65. The molecule has 1 aromatic carbocycles. The Morgan fingerprint density at radius 2 is 1.86 bits per heavy atom. The molecule has 0 amide bonds. The molecule has 1 aromatic heterocycles. The van der Waals surface area contributed by atoms with E-state index in [1.807, 2.05) is 24.3 Å². The highest BCUT2D eigenvalue weighted by molar-refractivity contribution is 5.73. The Morgan fingerprint density at radius 1 is 1.19 bits per heavy atom. The van der Waals surface area contributed by atoms with Crippen molar-refractivity contribution in [3.05, 3.63) is 46.3 Å². The highest BCUT2D eigenvalue weighted by atomic mass is 16.6. The zero-order valence-corrected chi connectivity index (χ0v) is 12.0. The van der Waals surface area contributed by atoms with Crippen LogP contribution in [0.25, 0.3) is 0 Å². The first-order valence-corrected chi connectivity index (χ1v) is 6.68. The number of hydrogen-bond donors (Lipinski definition) is 2. The standard InChI is InChI=1S/C14H17N5O2/c1-3-4-10-5-7-11(8-6-10)18-14-12(19(20)21)13(15-2)16-9-17-14/h5-9H,3-4H2,1-2H3,(H2,15,16,17,18). The Kier molecular flexibility index (Phi) is 4.65. The third-order valence-electron chi connectivity index (χ3n) is 3.00. The first kappa shape index (κ1) is 14.7. The summed E-state index contributed by atoms with van der Waals surface area (Å²) in [5.41, 5.74) is 1.81. The van der Waals surface area contributed by atoms with E-state index in [1.165, 1.54) is 11.9 Å². The van der Waals surface area contributed by atoms with Crippen LogP contribution < -0.4 is 10.6 Å². The van der Waals surface area contributed by atoms with Crippen LogP contribution in [0.5, 0.6) is 0 Å². The molecule has 2 rings (SSSR count). The summed E-state index contributed by atoms with van der Waals surface area (Å²) in [5.74, 6) is 0.350. The number of nitro groups is 1. The quantitative estimate of drug-likeness (QED) is 0.626. The van der Waals surface area contributed by atoms with Gasteiger partial charge in [-0.05, 0) is 24.1 Å². The molecule has 0 bridgehead atoms. The summed E-state index contributed by atoms with van der Waals surface area (Å²) >= 11 is 0. The van der Waals surface area contributed by atoms with E-state index in [1.54, 1.807) is 7.05 Å². The maximum atomic E-state index is 11.2. The molecule has 0 radical (unpaired) electrons. The van der Waals surface area contributed by atoms with E-state index in [9.17, 15) is 10.1 Å². The molecule has 110 valence electrons. The van der Waals surface area contributed by atoms with Crippen molar-refractivity contribution in [2.45, 2.75) is 19.8 Å². The second-order valence-corrected chi connectivity index (χ2v) is 4.50. The third kappa shape index (κ3) is 3.44. The van der Waals surface area contributed by atoms with Crippen LogP contribution >= 0.6 is 0 Å². The molecule has 0 fully saturated rings. The highest BCUT2D eigenvalue weighted by Crippen LogP contribution is 2.30. The summed E-state index contributed by atoms with van der Waals surface area (Å²) in [6.07, 6.45) is 3.38. The summed E-state index contributed by atoms with van der Waals surface area (Å²) in [6, 6.07) is 7.77. The van der Waals surface area contributed by atoms with E-state index >= 15 is 0 Å². The maximum Gasteiger partial charge on any atom is 0.353 e. The molecule has 0 unspecified atom stereocenters. The molecule has 0 aliphatic heterocycles. The molecule has 0 aliphatic carbocycles. The average molecular weight is 287 g/mol. The molecule has 0 saturated carbocycles. The average Bonchev–Trinajstić information content (AvgIpc) is 2.49. The van der Waals surface area contributed by atoms with Gasteiger partial charge in [0.1, 0.15) is 6.33 Å². The van der Waals surface area contributed by atoms with Crippen LogP contribution in [-0.4, -0.2) is 21.9 Å². The van der Waals surface area contributed by atoms with Crippen molar-refractivity contribution >= 4 is 23.0 Å². The molecule has 0 atom stereocenters. The van der Waals surface area contributed by atoms with Crippen LogP contribution in [0.15, 0.2) is 30.6 Å². The number of benzene rings is 1. The van der Waals surface area contributed by atoms with E-state index in [0.29, 0.717) is 0 Å². The molecule has 2 N–H and O–H groups in total. The molecule has 0 spiro atoms. The van der Waals surface area contributed by atoms with Crippen LogP contribution in [0.4, 0.5) is 23.0 Å². The van der Waals surface area contributed by atoms with Gasteiger partial charge in [0.25, 0.3) is 0 Å². The summed E-state index contributed by atoms with van der Waals surface area (Å²) in [6.45, 7) is 2.12. The fourth-order valence-electron chi connectivity index (χ4n) is 2.01. The zero-order valence-electron chi connectivity index (χ0n) is 12.0. The van der Waals surface area contributed by atoms with Crippen molar-refractivity contribution in [3.63, 3.8) is 0 Å². The Labute approximate surface area is 122 Å². The van der Waals surface area contributed by atoms with E-state index in [0.717, 1.165) is 18.5 Å². The SMILES string of the molecule is CCCc1ccc(Nc2ncnc(NC)c2[N+](=O)[O-])cc1. The van der Waals surface area contributed by atoms with E-state index in [4.69, 9.17) is 0 Å². The molecule has 7 nitrogen and oxygen atoms in total. The molecule has 21 heavy (non-hydrogen) atoms. The Hall–Kier alpha value is -2.70. The predicted molar refractivity (Wildman–Crippen MR) is 82.0 cm³/mol. The number of aromatic nitrogens is 2. The van der Waals surface area contributed by atoms with Gasteiger partial charge < -0.3 is 10.6 Å². The maximum absolute atomic E-state index is 11.2. The number of nitrogens with zero attached hydrogens (tertiary/aromatic N) is 3. The lowest BCUT2D eigenvalue weighted by molar-refractivity contribution is -0.383. The minimum absolute atomic E-state index is 0.169. The summed E-state index contributed by atoms with van der Waals surface area (Å²) in [7, 11) is 1.58. The normalized spacial score (nSPS) is 10.2. The molecule has 0 aliphatic rings. The number of rotatable bonds is 6. The predicted octanol–water partition coefficient (Wildman–Crippen LogP) is 3.12. The van der Waals surface area contributed by atoms with Crippen LogP contribution in [-0.2, 0) is 6.42 Å². The lowest BCUT2D eigenvalue weighted by atomic mass is 10.1. The summed E-state index contributed by atoms with van der Waals surface area (Å²) in [4.78, 5) is 18.5. The molecule has 1 heterocycles. The van der Waals surface area contributed by atoms with E-state index in [-0.39, 0.29) is 17.3 Å². The lowest BCUT2D eigenvalue weighted by Crippen LogP contribution is -2.05. The molecule has 2 aromatic rings. The molecule has 7 heteroatoms. The fourth-order valence-corrected chi connectivity index (χ4v) is 2.01. The smallest absolute Gasteiger partial charge is 0.353 e. The Balaban J connectivity index is 2.28. The number of nitrogens with one attached hydrogen (secondary N) is 2. The Bertz CT molecular complexity index is 628. The van der Waals surface area contributed by atoms with Gasteiger partial charge in [0.2, 0.25) is 11.6 Å². The van der Waals surface area contributed by atoms with Crippen molar-refractivity contribution in [1.29, 1.82) is 0 Å². The van der Waals surface area contributed by atoms with Gasteiger partial charge in [-0.2, -0.15) is 0 Å². The van der Waals surface area contributed by atoms with E-state index in [2.05, 4.69) is 27.5 Å². The van der Waals surface area contributed by atoms with Gasteiger partial charge in [-0.15, -0.1) is 0 Å². The number of hydrogen-bond acceptors (Lipinski definition) is 6. The topological polar surface area (TPSA) is 93.0 Å². The monoisotopic (exact) mass is 287 g/mol. The van der Waals surface area contributed by atoms with Gasteiger partial charge in [-0.1, -0.05) is 25.5 Å². The van der Waals surface area contributed by atoms with Crippen molar-refractivity contribution in [2.75, 3.05) is 17.7 Å². The fraction of sp³-hybridized carbons (Fsp3) is 0.286. The van der Waals surface area contributed by atoms with Gasteiger partial charge in [0, 0.05) is 12.7 Å². The van der Waals surface area contributed by atoms with Crippen molar-refractivity contribution in [2.24, 2.45) is 0 Å². The van der Waals surface area contributed by atoms with Crippen LogP contribution in [0.1, 0.15) is 18.9 Å². The minimum Gasteiger partial charge on any atom is -0.367 e. The van der Waals surface area contributed by atoms with Gasteiger partial charge >= 0.3 is 5.69 Å². The lowest BCUT2D eigenvalue weighted by Gasteiger charge is -2.08. The van der Waals surface area contributed by atoms with Gasteiger partial charge in [0.05, 0.1) is 4.92 Å². The largest absolute Gasteiger partial charge is 0.367 e. The van der Waals surface area contributed by atoms with Crippen molar-refractivity contribution < 1.29 is 4.92 Å². The summed E-state index contributed by atoms with van der Waals surface area (Å²) in [5, 5.41) is 16.8. The number of aryl methyl sites for hydroxylation is 1.